The minimum absolute atomic E-state index is 0.0832. The Balaban J connectivity index is 2.52. The van der Waals surface area contributed by atoms with Gasteiger partial charge in [0.05, 0.1) is 12.1 Å². The first kappa shape index (κ1) is 20.8. The number of halogens is 1. The largest absolute Gasteiger partial charge is 0.495 e. The van der Waals surface area contributed by atoms with Crippen LogP contribution in [0, 0.1) is 0 Å². The van der Waals surface area contributed by atoms with Crippen LogP contribution in [0.5, 0.6) is 5.75 Å². The summed E-state index contributed by atoms with van der Waals surface area (Å²) in [7, 11) is 1.46. The highest BCUT2D eigenvalue weighted by molar-refractivity contribution is 6.32. The number of amides is 2. The number of hydrogen-bond donors (Lipinski definition) is 3. The van der Waals surface area contributed by atoms with Gasteiger partial charge in [0.2, 0.25) is 11.8 Å². The summed E-state index contributed by atoms with van der Waals surface area (Å²) < 4.78 is 5.03. The Morgan fingerprint density at radius 2 is 1.96 bits per heavy atom. The number of carboxylic acids is 1. The van der Waals surface area contributed by atoms with Gasteiger partial charge in [-0.3, -0.25) is 9.59 Å². The molecule has 0 aliphatic rings. The lowest BCUT2D eigenvalue weighted by molar-refractivity contribution is -0.142. The summed E-state index contributed by atoms with van der Waals surface area (Å²) in [6.07, 6.45) is 2.36. The van der Waals surface area contributed by atoms with Crippen molar-refractivity contribution in [1.82, 2.24) is 10.6 Å². The fourth-order valence-corrected chi connectivity index (χ4v) is 2.50. The molecule has 2 amide bonds. The average molecular weight is 371 g/mol. The van der Waals surface area contributed by atoms with Crippen LogP contribution in [0.3, 0.4) is 0 Å². The van der Waals surface area contributed by atoms with Gasteiger partial charge in [0.15, 0.2) is 6.04 Å². The maximum Gasteiger partial charge on any atom is 0.330 e. The van der Waals surface area contributed by atoms with Gasteiger partial charge < -0.3 is 20.5 Å². The lowest BCUT2D eigenvalue weighted by Gasteiger charge is -2.16. The van der Waals surface area contributed by atoms with Crippen LogP contribution in [0.1, 0.15) is 44.2 Å². The molecule has 0 saturated heterocycles. The van der Waals surface area contributed by atoms with Crippen LogP contribution in [0.4, 0.5) is 0 Å². The zero-order chi connectivity index (χ0) is 18.8. The molecular formula is C17H23ClN2O5. The Morgan fingerprint density at radius 3 is 2.52 bits per heavy atom. The number of hydrogen-bond acceptors (Lipinski definition) is 4. The van der Waals surface area contributed by atoms with E-state index in [-0.39, 0.29) is 23.3 Å². The van der Waals surface area contributed by atoms with Crippen molar-refractivity contribution in [3.63, 3.8) is 0 Å². The van der Waals surface area contributed by atoms with Crippen molar-refractivity contribution in [3.05, 3.63) is 28.8 Å². The van der Waals surface area contributed by atoms with Gasteiger partial charge in [0, 0.05) is 19.9 Å². The molecule has 1 rings (SSSR count). The Labute approximate surface area is 151 Å². The number of methoxy groups -OCH3 is 1. The van der Waals surface area contributed by atoms with Gasteiger partial charge in [0.25, 0.3) is 0 Å². The van der Waals surface area contributed by atoms with E-state index in [9.17, 15) is 19.5 Å². The zero-order valence-corrected chi connectivity index (χ0v) is 15.1. The second-order valence-electron chi connectivity index (χ2n) is 5.53. The van der Waals surface area contributed by atoms with Crippen molar-refractivity contribution >= 4 is 29.4 Å². The van der Waals surface area contributed by atoms with Gasteiger partial charge in [-0.05, 0) is 30.5 Å². The molecular weight excluding hydrogens is 348 g/mol. The molecule has 1 aromatic rings. The summed E-state index contributed by atoms with van der Waals surface area (Å²) in [6, 6.07) is 3.40. The molecule has 25 heavy (non-hydrogen) atoms. The molecule has 0 heterocycles. The number of unbranched alkanes of at least 4 members (excludes halogenated alkanes) is 2. The normalized spacial score (nSPS) is 11.5. The molecule has 0 aliphatic heterocycles. The Hall–Kier alpha value is -2.28. The molecule has 1 unspecified atom stereocenters. The molecule has 1 aromatic carbocycles. The summed E-state index contributed by atoms with van der Waals surface area (Å²) in [4.78, 5) is 34.1. The molecule has 0 radical (unpaired) electrons. The molecule has 0 fully saturated rings. The van der Waals surface area contributed by atoms with E-state index in [1.165, 1.54) is 20.1 Å². The lowest BCUT2D eigenvalue weighted by atomic mass is 10.1. The topological polar surface area (TPSA) is 105 Å². The minimum Gasteiger partial charge on any atom is -0.495 e. The molecule has 0 saturated carbocycles. The van der Waals surface area contributed by atoms with E-state index < -0.39 is 12.0 Å². The number of benzene rings is 1. The highest BCUT2D eigenvalue weighted by Gasteiger charge is 2.22. The van der Waals surface area contributed by atoms with Gasteiger partial charge in [0.1, 0.15) is 5.75 Å². The van der Waals surface area contributed by atoms with Crippen molar-refractivity contribution in [1.29, 1.82) is 0 Å². The average Bonchev–Trinajstić information content (AvgIpc) is 2.55. The van der Waals surface area contributed by atoms with Gasteiger partial charge >= 0.3 is 5.97 Å². The van der Waals surface area contributed by atoms with Crippen molar-refractivity contribution < 1.29 is 24.2 Å². The maximum absolute atomic E-state index is 12.0. The van der Waals surface area contributed by atoms with E-state index in [1.807, 2.05) is 0 Å². The van der Waals surface area contributed by atoms with E-state index in [0.717, 1.165) is 12.8 Å². The predicted octanol–water partition coefficient (Wildman–Crippen LogP) is 2.29. The number of aliphatic carboxylic acids is 1. The van der Waals surface area contributed by atoms with Crippen molar-refractivity contribution in [2.75, 3.05) is 13.7 Å². The van der Waals surface area contributed by atoms with E-state index in [0.29, 0.717) is 24.3 Å². The van der Waals surface area contributed by atoms with Crippen LogP contribution in [0.15, 0.2) is 18.2 Å². The monoisotopic (exact) mass is 370 g/mol. The van der Waals surface area contributed by atoms with Gasteiger partial charge in [-0.15, -0.1) is 0 Å². The second-order valence-corrected chi connectivity index (χ2v) is 5.93. The van der Waals surface area contributed by atoms with Crippen molar-refractivity contribution in [3.8, 4) is 5.75 Å². The summed E-state index contributed by atoms with van der Waals surface area (Å²) in [5.74, 6) is -1.17. The SMILES string of the molecule is COc1ccc(C(NC(=O)CCCCCNC(C)=O)C(=O)O)cc1Cl. The van der Waals surface area contributed by atoms with Crippen molar-refractivity contribution in [2.24, 2.45) is 0 Å². The van der Waals surface area contributed by atoms with E-state index in [4.69, 9.17) is 16.3 Å². The third kappa shape index (κ3) is 7.43. The quantitative estimate of drug-likeness (QED) is 0.548. The number of carboxylic acid groups (broad SMARTS) is 1. The molecule has 3 N–H and O–H groups in total. The first-order valence-electron chi connectivity index (χ1n) is 7.95. The first-order chi connectivity index (χ1) is 11.8. The molecule has 138 valence electrons. The molecule has 0 aromatic heterocycles. The summed E-state index contributed by atoms with van der Waals surface area (Å²) >= 11 is 6.01. The first-order valence-corrected chi connectivity index (χ1v) is 8.33. The van der Waals surface area contributed by atoms with Gasteiger partial charge in [-0.1, -0.05) is 24.1 Å². The summed E-state index contributed by atoms with van der Waals surface area (Å²) in [5.41, 5.74) is 0.373. The Bertz CT molecular complexity index is 621. The van der Waals surface area contributed by atoms with Gasteiger partial charge in [-0.2, -0.15) is 0 Å². The van der Waals surface area contributed by atoms with E-state index >= 15 is 0 Å². The van der Waals surface area contributed by atoms with Crippen LogP contribution >= 0.6 is 11.6 Å². The third-order valence-electron chi connectivity index (χ3n) is 3.52. The number of rotatable bonds is 10. The fraction of sp³-hybridized carbons (Fsp3) is 0.471. The van der Waals surface area contributed by atoms with Crippen molar-refractivity contribution in [2.45, 2.75) is 38.6 Å². The van der Waals surface area contributed by atoms with E-state index in [2.05, 4.69) is 10.6 Å². The number of ether oxygens (including phenoxy) is 1. The predicted molar refractivity (Wildman–Crippen MR) is 93.7 cm³/mol. The van der Waals surface area contributed by atoms with Crippen LogP contribution in [0.2, 0.25) is 5.02 Å². The molecule has 7 nitrogen and oxygen atoms in total. The molecule has 1 atom stereocenters. The zero-order valence-electron chi connectivity index (χ0n) is 14.3. The van der Waals surface area contributed by atoms with Gasteiger partial charge in [-0.25, -0.2) is 4.79 Å². The summed E-state index contributed by atoms with van der Waals surface area (Å²) in [5, 5.41) is 14.8. The molecule has 8 heteroatoms. The number of carbonyl (C=O) groups is 3. The Morgan fingerprint density at radius 1 is 1.24 bits per heavy atom. The molecule has 0 aliphatic carbocycles. The molecule has 0 bridgehead atoms. The standard InChI is InChI=1S/C17H23ClN2O5/c1-11(21)19-9-5-3-4-6-15(22)20-16(17(23)24)12-7-8-14(25-2)13(18)10-12/h7-8,10,16H,3-6,9H2,1-2H3,(H,19,21)(H,20,22)(H,23,24). The molecule has 0 spiro atoms. The van der Waals surface area contributed by atoms with Crippen LogP contribution in [-0.4, -0.2) is 36.5 Å². The van der Waals surface area contributed by atoms with E-state index in [1.54, 1.807) is 12.1 Å². The smallest absolute Gasteiger partial charge is 0.330 e. The lowest BCUT2D eigenvalue weighted by Crippen LogP contribution is -2.33. The maximum atomic E-state index is 12.0. The van der Waals surface area contributed by atoms with Crippen LogP contribution in [0.25, 0.3) is 0 Å². The number of nitrogens with one attached hydrogen (secondary N) is 2. The highest BCUT2D eigenvalue weighted by atomic mass is 35.5. The minimum atomic E-state index is -1.17. The Kier molecular flexibility index (Phi) is 8.77. The van der Waals surface area contributed by atoms with Crippen LogP contribution < -0.4 is 15.4 Å². The van der Waals surface area contributed by atoms with Crippen LogP contribution in [-0.2, 0) is 14.4 Å². The fourth-order valence-electron chi connectivity index (χ4n) is 2.23. The summed E-state index contributed by atoms with van der Waals surface area (Å²) in [6.45, 7) is 2.02. The number of carbonyl (C=O) groups excluding carboxylic acids is 2. The highest BCUT2D eigenvalue weighted by Crippen LogP contribution is 2.27. The second kappa shape index (κ2) is 10.6. The third-order valence-corrected chi connectivity index (χ3v) is 3.81.